The number of carboxylic acid groups (broad SMARTS) is 1. The second-order valence-corrected chi connectivity index (χ2v) is 6.15. The third-order valence-electron chi connectivity index (χ3n) is 4.54. The number of aliphatic carboxylic acids is 1. The lowest BCUT2D eigenvalue weighted by Crippen LogP contribution is -2.36. The summed E-state index contributed by atoms with van der Waals surface area (Å²) < 4.78 is 0. The van der Waals surface area contributed by atoms with Crippen molar-refractivity contribution in [2.45, 2.75) is 51.5 Å². The summed E-state index contributed by atoms with van der Waals surface area (Å²) in [7, 11) is 0. The Kier molecular flexibility index (Phi) is 5.99. The molecule has 1 unspecified atom stereocenters. The molecule has 1 atom stereocenters. The molecule has 0 bridgehead atoms. The van der Waals surface area contributed by atoms with Crippen LogP contribution in [-0.2, 0) is 9.59 Å². The average Bonchev–Trinajstić information content (AvgIpc) is 2.55. The molecule has 4 heteroatoms. The largest absolute Gasteiger partial charge is 0.481 e. The van der Waals surface area contributed by atoms with Crippen LogP contribution in [0.15, 0.2) is 30.3 Å². The van der Waals surface area contributed by atoms with Gasteiger partial charge < -0.3 is 10.4 Å². The molecule has 0 aliphatic heterocycles. The summed E-state index contributed by atoms with van der Waals surface area (Å²) in [6.45, 7) is 2.11. The minimum atomic E-state index is -0.730. The minimum absolute atomic E-state index is 0.0429. The molecule has 1 aromatic carbocycles. The molecule has 0 saturated heterocycles. The van der Waals surface area contributed by atoms with Crippen LogP contribution in [0, 0.1) is 11.8 Å². The monoisotopic (exact) mass is 303 g/mol. The van der Waals surface area contributed by atoms with Crippen molar-refractivity contribution in [2.75, 3.05) is 0 Å². The van der Waals surface area contributed by atoms with Gasteiger partial charge in [-0.2, -0.15) is 0 Å². The Bertz CT molecular complexity index is 492. The molecule has 1 amide bonds. The summed E-state index contributed by atoms with van der Waals surface area (Å²) in [5.74, 6) is -0.971. The normalized spacial score (nSPS) is 22.8. The molecule has 1 aromatic rings. The van der Waals surface area contributed by atoms with E-state index >= 15 is 0 Å². The van der Waals surface area contributed by atoms with Crippen molar-refractivity contribution < 1.29 is 14.7 Å². The molecule has 1 aliphatic rings. The molecule has 1 fully saturated rings. The molecule has 22 heavy (non-hydrogen) atoms. The first kappa shape index (κ1) is 16.5. The number of hydrogen-bond acceptors (Lipinski definition) is 2. The standard InChI is InChI=1S/C18H25NO3/c1-2-6-16(13-7-4-3-5-8-13)19-17(20)14-9-11-15(12-10-14)18(21)22/h3-5,7-8,14-16H,2,6,9-12H2,1H3,(H,19,20)(H,21,22). The summed E-state index contributed by atoms with van der Waals surface area (Å²) in [6, 6.07) is 10.1. The van der Waals surface area contributed by atoms with E-state index in [1.807, 2.05) is 30.3 Å². The fraction of sp³-hybridized carbons (Fsp3) is 0.556. The first-order valence-electron chi connectivity index (χ1n) is 8.20. The fourth-order valence-corrected chi connectivity index (χ4v) is 3.19. The second kappa shape index (κ2) is 7.97. The molecule has 1 saturated carbocycles. The van der Waals surface area contributed by atoms with E-state index in [1.54, 1.807) is 0 Å². The molecule has 1 aliphatic carbocycles. The maximum absolute atomic E-state index is 12.5. The molecule has 0 spiro atoms. The van der Waals surface area contributed by atoms with Crippen molar-refractivity contribution in [2.24, 2.45) is 11.8 Å². The molecule has 4 nitrogen and oxygen atoms in total. The van der Waals surface area contributed by atoms with Crippen LogP contribution < -0.4 is 5.32 Å². The van der Waals surface area contributed by atoms with Gasteiger partial charge in [0.05, 0.1) is 12.0 Å². The van der Waals surface area contributed by atoms with E-state index in [2.05, 4.69) is 12.2 Å². The predicted molar refractivity (Wildman–Crippen MR) is 85.3 cm³/mol. The van der Waals surface area contributed by atoms with Crippen molar-refractivity contribution in [3.05, 3.63) is 35.9 Å². The van der Waals surface area contributed by atoms with Crippen LogP contribution in [0.1, 0.15) is 57.1 Å². The highest BCUT2D eigenvalue weighted by Crippen LogP contribution is 2.30. The Balaban J connectivity index is 1.93. The van der Waals surface area contributed by atoms with Gasteiger partial charge >= 0.3 is 5.97 Å². The third kappa shape index (κ3) is 4.33. The average molecular weight is 303 g/mol. The zero-order valence-corrected chi connectivity index (χ0v) is 13.1. The van der Waals surface area contributed by atoms with Gasteiger partial charge in [-0.05, 0) is 37.7 Å². The Morgan fingerprint density at radius 3 is 2.27 bits per heavy atom. The van der Waals surface area contributed by atoms with Crippen molar-refractivity contribution in [1.82, 2.24) is 5.32 Å². The van der Waals surface area contributed by atoms with Crippen LogP contribution in [0.3, 0.4) is 0 Å². The summed E-state index contributed by atoms with van der Waals surface area (Å²) in [6.07, 6.45) is 4.49. The summed E-state index contributed by atoms with van der Waals surface area (Å²) in [4.78, 5) is 23.5. The molecule has 0 radical (unpaired) electrons. The van der Waals surface area contributed by atoms with Crippen LogP contribution in [0.4, 0.5) is 0 Å². The Labute approximate surface area is 131 Å². The number of hydrogen-bond donors (Lipinski definition) is 2. The van der Waals surface area contributed by atoms with E-state index in [9.17, 15) is 9.59 Å². The van der Waals surface area contributed by atoms with Gasteiger partial charge in [-0.3, -0.25) is 9.59 Å². The molecule has 0 heterocycles. The topological polar surface area (TPSA) is 66.4 Å². The number of carbonyl (C=O) groups excluding carboxylic acids is 1. The van der Waals surface area contributed by atoms with Crippen molar-refractivity contribution in [3.8, 4) is 0 Å². The van der Waals surface area contributed by atoms with E-state index in [0.717, 1.165) is 18.4 Å². The highest BCUT2D eigenvalue weighted by molar-refractivity contribution is 5.79. The van der Waals surface area contributed by atoms with Crippen LogP contribution >= 0.6 is 0 Å². The molecular weight excluding hydrogens is 278 g/mol. The maximum Gasteiger partial charge on any atom is 0.306 e. The van der Waals surface area contributed by atoms with Gasteiger partial charge in [0.15, 0.2) is 0 Å². The highest BCUT2D eigenvalue weighted by Gasteiger charge is 2.30. The fourth-order valence-electron chi connectivity index (χ4n) is 3.19. The zero-order chi connectivity index (χ0) is 15.9. The maximum atomic E-state index is 12.5. The number of amides is 1. The summed E-state index contributed by atoms with van der Waals surface area (Å²) in [5.41, 5.74) is 1.14. The van der Waals surface area contributed by atoms with Gasteiger partial charge in [-0.1, -0.05) is 43.7 Å². The second-order valence-electron chi connectivity index (χ2n) is 6.15. The zero-order valence-electron chi connectivity index (χ0n) is 13.1. The number of rotatable bonds is 6. The van der Waals surface area contributed by atoms with Gasteiger partial charge in [0.25, 0.3) is 0 Å². The molecule has 2 rings (SSSR count). The van der Waals surface area contributed by atoms with E-state index in [-0.39, 0.29) is 23.8 Å². The van der Waals surface area contributed by atoms with Crippen molar-refractivity contribution in [1.29, 1.82) is 0 Å². The van der Waals surface area contributed by atoms with Gasteiger partial charge in [-0.25, -0.2) is 0 Å². The first-order valence-corrected chi connectivity index (χ1v) is 8.20. The van der Waals surface area contributed by atoms with E-state index in [1.165, 1.54) is 0 Å². The van der Waals surface area contributed by atoms with Crippen LogP contribution in [0.25, 0.3) is 0 Å². The predicted octanol–water partition coefficient (Wildman–Crippen LogP) is 3.54. The highest BCUT2D eigenvalue weighted by atomic mass is 16.4. The van der Waals surface area contributed by atoms with Gasteiger partial charge in [0.2, 0.25) is 5.91 Å². The molecule has 120 valence electrons. The lowest BCUT2D eigenvalue weighted by molar-refractivity contribution is -0.144. The first-order chi connectivity index (χ1) is 10.6. The summed E-state index contributed by atoms with van der Waals surface area (Å²) in [5, 5.41) is 12.2. The molecule has 0 aromatic heterocycles. The number of carboxylic acids is 1. The van der Waals surface area contributed by atoms with Gasteiger partial charge in [-0.15, -0.1) is 0 Å². The van der Waals surface area contributed by atoms with E-state index < -0.39 is 5.97 Å². The Morgan fingerprint density at radius 1 is 1.14 bits per heavy atom. The van der Waals surface area contributed by atoms with E-state index in [0.29, 0.717) is 25.7 Å². The number of carbonyl (C=O) groups is 2. The van der Waals surface area contributed by atoms with Crippen LogP contribution in [0.2, 0.25) is 0 Å². The molecular formula is C18H25NO3. The van der Waals surface area contributed by atoms with Crippen LogP contribution in [0.5, 0.6) is 0 Å². The third-order valence-corrected chi connectivity index (χ3v) is 4.54. The minimum Gasteiger partial charge on any atom is -0.481 e. The number of benzene rings is 1. The van der Waals surface area contributed by atoms with Crippen molar-refractivity contribution in [3.63, 3.8) is 0 Å². The Hall–Kier alpha value is -1.84. The number of nitrogens with one attached hydrogen (secondary N) is 1. The lowest BCUT2D eigenvalue weighted by Gasteiger charge is -2.27. The van der Waals surface area contributed by atoms with Crippen LogP contribution in [-0.4, -0.2) is 17.0 Å². The van der Waals surface area contributed by atoms with Gasteiger partial charge in [0, 0.05) is 5.92 Å². The Morgan fingerprint density at radius 2 is 1.73 bits per heavy atom. The quantitative estimate of drug-likeness (QED) is 0.844. The van der Waals surface area contributed by atoms with E-state index in [4.69, 9.17) is 5.11 Å². The van der Waals surface area contributed by atoms with Crippen molar-refractivity contribution >= 4 is 11.9 Å². The molecule has 2 N–H and O–H groups in total. The smallest absolute Gasteiger partial charge is 0.306 e. The SMILES string of the molecule is CCCC(NC(=O)C1CCC(C(=O)O)CC1)c1ccccc1. The summed E-state index contributed by atoms with van der Waals surface area (Å²) >= 11 is 0. The van der Waals surface area contributed by atoms with Gasteiger partial charge in [0.1, 0.15) is 0 Å². The lowest BCUT2D eigenvalue weighted by atomic mass is 9.81.